The highest BCUT2D eigenvalue weighted by Crippen LogP contribution is 2.14. The lowest BCUT2D eigenvalue weighted by atomic mass is 10.3. The first-order chi connectivity index (χ1) is 7.49. The Bertz CT molecular complexity index is 380. The van der Waals surface area contributed by atoms with Crippen molar-refractivity contribution in [1.29, 1.82) is 0 Å². The maximum atomic E-state index is 13.1. The van der Waals surface area contributed by atoms with E-state index in [1.54, 1.807) is 13.8 Å². The van der Waals surface area contributed by atoms with E-state index < -0.39 is 17.5 Å². The number of hydrogen-bond acceptors (Lipinski definition) is 2. The Balaban J connectivity index is 2.59. The molecule has 5 heteroatoms. The van der Waals surface area contributed by atoms with Crippen molar-refractivity contribution in [2.75, 3.05) is 11.9 Å². The van der Waals surface area contributed by atoms with Crippen LogP contribution in [0, 0.1) is 11.6 Å². The Morgan fingerprint density at radius 3 is 2.75 bits per heavy atom. The Kier molecular flexibility index (Phi) is 4.37. The number of rotatable bonds is 4. The minimum Gasteiger partial charge on any atom is -0.369 e. The van der Waals surface area contributed by atoms with Crippen molar-refractivity contribution in [2.24, 2.45) is 0 Å². The van der Waals surface area contributed by atoms with Gasteiger partial charge in [-0.25, -0.2) is 8.78 Å². The maximum absolute atomic E-state index is 13.1. The molecule has 3 nitrogen and oxygen atoms in total. The minimum absolute atomic E-state index is 0.0943. The van der Waals surface area contributed by atoms with Gasteiger partial charge in [0.1, 0.15) is 18.2 Å². The highest BCUT2D eigenvalue weighted by atomic mass is 19.1. The summed E-state index contributed by atoms with van der Waals surface area (Å²) in [5.74, 6) is -1.81. The topological polar surface area (TPSA) is 38.3 Å². The van der Waals surface area contributed by atoms with Gasteiger partial charge in [-0.15, -0.1) is 0 Å². The average molecular weight is 229 g/mol. The number of ether oxygens (including phenoxy) is 1. The van der Waals surface area contributed by atoms with Gasteiger partial charge in [0.05, 0.1) is 11.8 Å². The Labute approximate surface area is 92.4 Å². The number of amides is 1. The molecule has 0 saturated carbocycles. The number of carbonyl (C=O) groups excluding carboxylic acids is 1. The number of halogens is 2. The van der Waals surface area contributed by atoms with E-state index in [1.807, 2.05) is 0 Å². The van der Waals surface area contributed by atoms with Gasteiger partial charge in [0, 0.05) is 6.07 Å². The van der Waals surface area contributed by atoms with E-state index in [4.69, 9.17) is 4.74 Å². The van der Waals surface area contributed by atoms with Gasteiger partial charge in [-0.3, -0.25) is 4.79 Å². The molecule has 88 valence electrons. The molecule has 0 aliphatic carbocycles. The van der Waals surface area contributed by atoms with E-state index in [-0.39, 0.29) is 18.4 Å². The summed E-state index contributed by atoms with van der Waals surface area (Å²) in [5.41, 5.74) is -0.183. The van der Waals surface area contributed by atoms with Crippen molar-refractivity contribution in [2.45, 2.75) is 20.0 Å². The van der Waals surface area contributed by atoms with E-state index in [0.29, 0.717) is 0 Å². The number of nitrogens with one attached hydrogen (secondary N) is 1. The monoisotopic (exact) mass is 229 g/mol. The van der Waals surface area contributed by atoms with Crippen LogP contribution in [0.2, 0.25) is 0 Å². The van der Waals surface area contributed by atoms with E-state index in [1.165, 1.54) is 0 Å². The zero-order chi connectivity index (χ0) is 12.1. The van der Waals surface area contributed by atoms with Crippen molar-refractivity contribution < 1.29 is 18.3 Å². The number of carbonyl (C=O) groups is 1. The summed E-state index contributed by atoms with van der Waals surface area (Å²) in [4.78, 5) is 11.3. The van der Waals surface area contributed by atoms with Crippen LogP contribution in [0.15, 0.2) is 18.2 Å². The van der Waals surface area contributed by atoms with E-state index in [9.17, 15) is 13.6 Å². The normalized spacial score (nSPS) is 10.6. The molecule has 0 unspecified atom stereocenters. The van der Waals surface area contributed by atoms with Gasteiger partial charge in [-0.2, -0.15) is 0 Å². The molecule has 1 aromatic rings. The smallest absolute Gasteiger partial charge is 0.250 e. The van der Waals surface area contributed by atoms with Gasteiger partial charge in [0.25, 0.3) is 0 Å². The van der Waals surface area contributed by atoms with Crippen LogP contribution in [0.5, 0.6) is 0 Å². The average Bonchev–Trinajstić information content (AvgIpc) is 2.20. The van der Waals surface area contributed by atoms with Gasteiger partial charge in [-0.1, -0.05) is 0 Å². The molecule has 0 aliphatic rings. The molecular formula is C11H13F2NO2. The van der Waals surface area contributed by atoms with Crippen molar-refractivity contribution in [3.8, 4) is 0 Å². The first-order valence-corrected chi connectivity index (χ1v) is 4.85. The Morgan fingerprint density at radius 2 is 2.12 bits per heavy atom. The maximum Gasteiger partial charge on any atom is 0.250 e. The summed E-state index contributed by atoms with van der Waals surface area (Å²) in [7, 11) is 0. The van der Waals surface area contributed by atoms with Crippen LogP contribution in [-0.2, 0) is 9.53 Å². The predicted octanol–water partition coefficient (Wildman–Crippen LogP) is 2.33. The quantitative estimate of drug-likeness (QED) is 0.860. The second-order valence-electron chi connectivity index (χ2n) is 3.53. The lowest BCUT2D eigenvalue weighted by molar-refractivity contribution is -0.121. The van der Waals surface area contributed by atoms with Gasteiger partial charge >= 0.3 is 0 Å². The van der Waals surface area contributed by atoms with Crippen molar-refractivity contribution in [1.82, 2.24) is 0 Å². The fourth-order valence-electron chi connectivity index (χ4n) is 1.02. The zero-order valence-corrected chi connectivity index (χ0v) is 9.09. The van der Waals surface area contributed by atoms with Crippen LogP contribution in [0.3, 0.4) is 0 Å². The summed E-state index contributed by atoms with van der Waals surface area (Å²) in [6.45, 7) is 3.36. The fourth-order valence-corrected chi connectivity index (χ4v) is 1.02. The van der Waals surface area contributed by atoms with E-state index >= 15 is 0 Å². The third-order valence-electron chi connectivity index (χ3n) is 1.75. The molecule has 0 heterocycles. The van der Waals surface area contributed by atoms with Crippen LogP contribution in [0.25, 0.3) is 0 Å². The Hall–Kier alpha value is -1.49. The van der Waals surface area contributed by atoms with Crippen LogP contribution < -0.4 is 5.32 Å². The lowest BCUT2D eigenvalue weighted by Crippen LogP contribution is -2.21. The van der Waals surface area contributed by atoms with Crippen LogP contribution >= 0.6 is 0 Å². The standard InChI is InChI=1S/C11H13F2NO2/c1-7(2)16-6-11(15)14-10-5-8(12)3-4-9(10)13/h3-5,7H,6H2,1-2H3,(H,14,15). The van der Waals surface area contributed by atoms with Gasteiger partial charge < -0.3 is 10.1 Å². The molecule has 0 radical (unpaired) electrons. The number of hydrogen-bond donors (Lipinski definition) is 1. The summed E-state index contributed by atoms with van der Waals surface area (Å²) in [6.07, 6.45) is -0.0943. The molecule has 0 atom stereocenters. The molecule has 0 fully saturated rings. The predicted molar refractivity (Wildman–Crippen MR) is 56.1 cm³/mol. The number of benzene rings is 1. The molecule has 1 aromatic carbocycles. The van der Waals surface area contributed by atoms with Crippen LogP contribution in [0.4, 0.5) is 14.5 Å². The first kappa shape index (κ1) is 12.6. The van der Waals surface area contributed by atoms with Crippen molar-refractivity contribution in [3.63, 3.8) is 0 Å². The molecule has 0 saturated heterocycles. The molecule has 0 spiro atoms. The third-order valence-corrected chi connectivity index (χ3v) is 1.75. The highest BCUT2D eigenvalue weighted by Gasteiger charge is 2.08. The summed E-state index contributed by atoms with van der Waals surface area (Å²) in [6, 6.07) is 2.85. The largest absolute Gasteiger partial charge is 0.369 e. The second-order valence-corrected chi connectivity index (χ2v) is 3.53. The SMILES string of the molecule is CC(C)OCC(=O)Nc1cc(F)ccc1F. The van der Waals surface area contributed by atoms with Crippen LogP contribution in [-0.4, -0.2) is 18.6 Å². The molecular weight excluding hydrogens is 216 g/mol. The zero-order valence-electron chi connectivity index (χ0n) is 9.09. The van der Waals surface area contributed by atoms with E-state index in [0.717, 1.165) is 18.2 Å². The van der Waals surface area contributed by atoms with Gasteiger partial charge in [0.2, 0.25) is 5.91 Å². The molecule has 0 aliphatic heterocycles. The number of anilines is 1. The second kappa shape index (κ2) is 5.55. The van der Waals surface area contributed by atoms with Gasteiger partial charge in [-0.05, 0) is 26.0 Å². The Morgan fingerprint density at radius 1 is 1.44 bits per heavy atom. The lowest BCUT2D eigenvalue weighted by Gasteiger charge is -2.09. The van der Waals surface area contributed by atoms with Gasteiger partial charge in [0.15, 0.2) is 0 Å². The fraction of sp³-hybridized carbons (Fsp3) is 0.364. The van der Waals surface area contributed by atoms with Crippen LogP contribution in [0.1, 0.15) is 13.8 Å². The summed E-state index contributed by atoms with van der Waals surface area (Å²) >= 11 is 0. The van der Waals surface area contributed by atoms with E-state index in [2.05, 4.69) is 5.32 Å². The molecule has 0 bridgehead atoms. The molecule has 1 N–H and O–H groups in total. The summed E-state index contributed by atoms with van der Waals surface area (Å²) in [5, 5.41) is 2.23. The molecule has 1 amide bonds. The van der Waals surface area contributed by atoms with Crippen molar-refractivity contribution in [3.05, 3.63) is 29.8 Å². The minimum atomic E-state index is -0.681. The molecule has 16 heavy (non-hydrogen) atoms. The van der Waals surface area contributed by atoms with Crippen molar-refractivity contribution >= 4 is 11.6 Å². The molecule has 1 rings (SSSR count). The summed E-state index contributed by atoms with van der Waals surface area (Å²) < 4.78 is 30.9. The third kappa shape index (κ3) is 3.94. The molecule has 0 aromatic heterocycles. The highest BCUT2D eigenvalue weighted by molar-refractivity contribution is 5.91. The first-order valence-electron chi connectivity index (χ1n) is 4.85.